The number of rotatable bonds is 4. The zero-order chi connectivity index (χ0) is 22.2. The number of fused-ring (bicyclic) bond motifs is 2. The van der Waals surface area contributed by atoms with E-state index in [1.54, 1.807) is 18.0 Å². The molecule has 0 bridgehead atoms. The molecule has 0 aliphatic carbocycles. The number of hydrogen-bond acceptors (Lipinski definition) is 7. The van der Waals surface area contributed by atoms with E-state index >= 15 is 0 Å². The molecule has 1 atom stereocenters. The lowest BCUT2D eigenvalue weighted by atomic mass is 10.1. The van der Waals surface area contributed by atoms with Gasteiger partial charge in [0.05, 0.1) is 5.69 Å². The summed E-state index contributed by atoms with van der Waals surface area (Å²) >= 11 is 1.65. The van der Waals surface area contributed by atoms with Gasteiger partial charge in [-0.05, 0) is 66.2 Å². The summed E-state index contributed by atoms with van der Waals surface area (Å²) in [6.45, 7) is 1.11. The van der Waals surface area contributed by atoms with Crippen LogP contribution >= 0.6 is 11.8 Å². The van der Waals surface area contributed by atoms with Gasteiger partial charge in [-0.2, -0.15) is 0 Å². The molecule has 3 heterocycles. The smallest absolute Gasteiger partial charge is 0.227 e. The molecule has 2 aliphatic heterocycles. The van der Waals surface area contributed by atoms with Crippen molar-refractivity contribution in [1.29, 1.82) is 0 Å². The van der Waals surface area contributed by atoms with Gasteiger partial charge in [0.25, 0.3) is 0 Å². The fraction of sp³-hybridized carbons (Fsp3) is 0.115. The molecular formula is C26H21N3O3S. The number of hydrogen-bond donors (Lipinski definition) is 1. The Balaban J connectivity index is 1.27. The van der Waals surface area contributed by atoms with E-state index in [1.807, 2.05) is 66.7 Å². The molecule has 4 aromatic rings. The second-order valence-electron chi connectivity index (χ2n) is 7.66. The molecule has 6 rings (SSSR count). The number of para-hydroxylation sites is 1. The van der Waals surface area contributed by atoms with Crippen LogP contribution in [0.25, 0.3) is 11.1 Å². The number of aromatic nitrogens is 1. The van der Waals surface area contributed by atoms with E-state index in [0.29, 0.717) is 24.8 Å². The Morgan fingerprint density at radius 1 is 0.909 bits per heavy atom. The largest absolute Gasteiger partial charge is 0.486 e. The summed E-state index contributed by atoms with van der Waals surface area (Å²) < 4.78 is 17.6. The van der Waals surface area contributed by atoms with E-state index in [1.165, 1.54) is 4.90 Å². The van der Waals surface area contributed by atoms with Crippen molar-refractivity contribution >= 4 is 23.1 Å². The molecule has 2 aliphatic rings. The molecule has 2 N–H and O–H groups in total. The van der Waals surface area contributed by atoms with Crippen LogP contribution < -0.4 is 24.8 Å². The van der Waals surface area contributed by atoms with E-state index < -0.39 is 0 Å². The molecule has 0 fully saturated rings. The molecule has 0 radical (unpaired) electrons. The third-order valence-corrected chi connectivity index (χ3v) is 6.63. The van der Waals surface area contributed by atoms with Gasteiger partial charge in [-0.3, -0.25) is 0 Å². The van der Waals surface area contributed by atoms with Gasteiger partial charge in [0.1, 0.15) is 24.5 Å². The number of ether oxygens (including phenoxy) is 3. The number of anilines is 2. The first kappa shape index (κ1) is 20.0. The molecule has 6 nitrogen and oxygen atoms in total. The van der Waals surface area contributed by atoms with Gasteiger partial charge in [0.15, 0.2) is 11.5 Å². The molecule has 33 heavy (non-hydrogen) atoms. The van der Waals surface area contributed by atoms with Crippen LogP contribution in [0.4, 0.5) is 11.4 Å². The number of pyridine rings is 1. The average molecular weight is 456 g/mol. The van der Waals surface area contributed by atoms with Crippen LogP contribution in [-0.4, -0.2) is 23.7 Å². The van der Waals surface area contributed by atoms with Crippen molar-refractivity contribution < 1.29 is 14.2 Å². The van der Waals surface area contributed by atoms with Crippen LogP contribution in [-0.2, 0) is 0 Å². The summed E-state index contributed by atoms with van der Waals surface area (Å²) in [5, 5.41) is 0. The van der Waals surface area contributed by atoms with Gasteiger partial charge in [0.2, 0.25) is 5.88 Å². The minimum Gasteiger partial charge on any atom is -0.486 e. The first-order valence-electron chi connectivity index (χ1n) is 10.7. The second-order valence-corrected chi connectivity index (χ2v) is 8.82. The summed E-state index contributed by atoms with van der Waals surface area (Å²) in [5.41, 5.74) is 10.2. The number of nitrogens with zero attached hydrogens (tertiary/aromatic N) is 2. The molecule has 164 valence electrons. The van der Waals surface area contributed by atoms with Crippen molar-refractivity contribution in [3.63, 3.8) is 0 Å². The maximum absolute atomic E-state index is 6.38. The summed E-state index contributed by atoms with van der Waals surface area (Å²) in [7, 11) is 0. The van der Waals surface area contributed by atoms with Gasteiger partial charge in [0, 0.05) is 22.3 Å². The highest BCUT2D eigenvalue weighted by atomic mass is 32.2. The topological polar surface area (TPSA) is 69.8 Å². The van der Waals surface area contributed by atoms with E-state index in [2.05, 4.69) is 22.0 Å². The fourth-order valence-electron chi connectivity index (χ4n) is 4.05. The summed E-state index contributed by atoms with van der Waals surface area (Å²) in [5.74, 6) is 2.72. The normalized spacial score (nSPS) is 16.4. The summed E-state index contributed by atoms with van der Waals surface area (Å²) in [6.07, 6.45) is 1.72. The van der Waals surface area contributed by atoms with Gasteiger partial charge < -0.3 is 24.8 Å². The molecule has 7 heteroatoms. The number of benzene rings is 3. The van der Waals surface area contributed by atoms with Crippen molar-refractivity contribution in [1.82, 2.24) is 4.98 Å². The molecule has 0 amide bonds. The highest BCUT2D eigenvalue weighted by Crippen LogP contribution is 2.45. The van der Waals surface area contributed by atoms with E-state index in [-0.39, 0.29) is 5.50 Å². The lowest BCUT2D eigenvalue weighted by Crippen LogP contribution is -2.31. The van der Waals surface area contributed by atoms with Crippen LogP contribution in [0.15, 0.2) is 90.0 Å². The van der Waals surface area contributed by atoms with Crippen LogP contribution in [0.1, 0.15) is 0 Å². The zero-order valence-corrected chi connectivity index (χ0v) is 18.5. The van der Waals surface area contributed by atoms with E-state index in [4.69, 9.17) is 19.9 Å². The van der Waals surface area contributed by atoms with Gasteiger partial charge in [-0.25, -0.2) is 4.98 Å². The van der Waals surface area contributed by atoms with Crippen molar-refractivity contribution in [3.8, 4) is 34.3 Å². The minimum absolute atomic E-state index is 0.160. The molecule has 0 saturated carbocycles. The Hall–Kier alpha value is -3.68. The molecule has 1 aromatic heterocycles. The van der Waals surface area contributed by atoms with Crippen molar-refractivity contribution in [2.45, 2.75) is 10.4 Å². The van der Waals surface area contributed by atoms with E-state index in [0.717, 1.165) is 34.0 Å². The summed E-state index contributed by atoms with van der Waals surface area (Å²) in [4.78, 5) is 7.79. The lowest BCUT2D eigenvalue weighted by molar-refractivity contribution is 0.171. The molecule has 1 unspecified atom stereocenters. The monoisotopic (exact) mass is 455 g/mol. The third kappa shape index (κ3) is 3.75. The van der Waals surface area contributed by atoms with Gasteiger partial charge in [-0.1, -0.05) is 30.0 Å². The quantitative estimate of drug-likeness (QED) is 0.417. The number of nitrogens with two attached hydrogens (primary N) is 1. The van der Waals surface area contributed by atoms with Crippen molar-refractivity contribution in [2.24, 2.45) is 5.73 Å². The Morgan fingerprint density at radius 3 is 2.61 bits per heavy atom. The van der Waals surface area contributed by atoms with Gasteiger partial charge in [-0.15, -0.1) is 0 Å². The van der Waals surface area contributed by atoms with Gasteiger partial charge >= 0.3 is 0 Å². The van der Waals surface area contributed by atoms with E-state index in [9.17, 15) is 0 Å². The fourth-order valence-corrected chi connectivity index (χ4v) is 5.10. The SMILES string of the molecule is NC1Sc2ccccc2N1c1ccc(Oc2ncccc2-c2ccc3c(c2)OCCO3)cc1. The average Bonchev–Trinajstić information content (AvgIpc) is 3.20. The van der Waals surface area contributed by atoms with Crippen LogP contribution in [0.3, 0.4) is 0 Å². The second kappa shape index (κ2) is 8.35. The first-order valence-corrected chi connectivity index (χ1v) is 11.6. The minimum atomic E-state index is -0.160. The zero-order valence-electron chi connectivity index (χ0n) is 17.7. The highest BCUT2D eigenvalue weighted by molar-refractivity contribution is 8.00. The highest BCUT2D eigenvalue weighted by Gasteiger charge is 2.28. The predicted octanol–water partition coefficient (Wildman–Crippen LogP) is 5.80. The predicted molar refractivity (Wildman–Crippen MR) is 130 cm³/mol. The standard InChI is InChI=1S/C26H21N3O3S/c27-26-29(21-5-1-2-6-24(21)33-26)18-8-10-19(11-9-18)32-25-20(4-3-13-28-25)17-7-12-22-23(16-17)31-15-14-30-22/h1-13,16,26H,14-15,27H2. The van der Waals surface area contributed by atoms with Crippen LogP contribution in [0.5, 0.6) is 23.1 Å². The molecule has 3 aromatic carbocycles. The maximum Gasteiger partial charge on any atom is 0.227 e. The van der Waals surface area contributed by atoms with Crippen LogP contribution in [0, 0.1) is 0 Å². The molecular weight excluding hydrogens is 434 g/mol. The molecule has 0 saturated heterocycles. The Morgan fingerprint density at radius 2 is 1.73 bits per heavy atom. The Labute approximate surface area is 195 Å². The van der Waals surface area contributed by atoms with Crippen molar-refractivity contribution in [3.05, 3.63) is 85.1 Å². The first-order chi connectivity index (χ1) is 16.3. The lowest BCUT2D eigenvalue weighted by Gasteiger charge is -2.23. The third-order valence-electron chi connectivity index (χ3n) is 5.58. The molecule has 0 spiro atoms. The maximum atomic E-state index is 6.38. The Kier molecular flexibility index (Phi) is 5.05. The number of thioether (sulfide) groups is 1. The summed E-state index contributed by atoms with van der Waals surface area (Å²) in [6, 6.07) is 25.9. The van der Waals surface area contributed by atoms with Crippen molar-refractivity contribution in [2.75, 3.05) is 18.1 Å². The Bertz CT molecular complexity index is 1310. The van der Waals surface area contributed by atoms with Crippen LogP contribution in [0.2, 0.25) is 0 Å².